The highest BCUT2D eigenvalue weighted by Crippen LogP contribution is 2.40. The molecule has 0 saturated heterocycles. The summed E-state index contributed by atoms with van der Waals surface area (Å²) in [6, 6.07) is 0.827. The molecule has 1 aliphatic carbocycles. The normalized spacial score (nSPS) is 17.9. The first-order chi connectivity index (χ1) is 8.88. The molecule has 0 aliphatic heterocycles. The van der Waals surface area contributed by atoms with E-state index in [1.54, 1.807) is 0 Å². The lowest BCUT2D eigenvalue weighted by Crippen LogP contribution is -2.41. The number of aromatic nitrogens is 1. The Labute approximate surface area is 108 Å². The molecule has 0 spiro atoms. The highest BCUT2D eigenvalue weighted by Gasteiger charge is 2.41. The molecule has 1 aromatic rings. The molecule has 6 heteroatoms. The number of nitrogens with zero attached hydrogens (tertiary/aromatic N) is 1. The molecule has 0 bridgehead atoms. The maximum absolute atomic E-state index is 12.8. The molecule has 0 aromatic carbocycles. The average molecular weight is 273 g/mol. The van der Waals surface area contributed by atoms with Gasteiger partial charge in [0.25, 0.3) is 0 Å². The van der Waals surface area contributed by atoms with Crippen LogP contribution in [0.5, 0.6) is 0 Å². The van der Waals surface area contributed by atoms with Crippen molar-refractivity contribution >= 4 is 5.78 Å². The highest BCUT2D eigenvalue weighted by atomic mass is 19.4. The third-order valence-electron chi connectivity index (χ3n) is 3.61. The van der Waals surface area contributed by atoms with Crippen molar-refractivity contribution in [1.82, 2.24) is 4.98 Å². The minimum Gasteiger partial charge on any atom is -0.378 e. The monoisotopic (exact) mass is 273 g/mol. The number of carbonyl (C=O) groups is 1. The van der Waals surface area contributed by atoms with E-state index in [9.17, 15) is 18.0 Å². The van der Waals surface area contributed by atoms with Gasteiger partial charge in [0.2, 0.25) is 0 Å². The molecule has 1 fully saturated rings. The van der Waals surface area contributed by atoms with Crippen LogP contribution in [0.3, 0.4) is 0 Å². The molecule has 19 heavy (non-hydrogen) atoms. The van der Waals surface area contributed by atoms with Crippen LogP contribution < -0.4 is 0 Å². The summed E-state index contributed by atoms with van der Waals surface area (Å²) >= 11 is 0. The van der Waals surface area contributed by atoms with Crippen LogP contribution in [0.1, 0.15) is 41.6 Å². The molecule has 1 aromatic heterocycles. The molecule has 104 valence electrons. The van der Waals surface area contributed by atoms with Gasteiger partial charge >= 0.3 is 6.18 Å². The molecular formula is C13H14F3NO2. The van der Waals surface area contributed by atoms with E-state index >= 15 is 0 Å². The first-order valence-electron chi connectivity index (χ1n) is 5.97. The third kappa shape index (κ3) is 2.78. The van der Waals surface area contributed by atoms with Gasteiger partial charge in [-0.3, -0.25) is 9.78 Å². The number of carbonyl (C=O) groups excluding carboxylic acids is 1. The van der Waals surface area contributed by atoms with E-state index < -0.39 is 23.1 Å². The number of hydrogen-bond acceptors (Lipinski definition) is 3. The fourth-order valence-corrected chi connectivity index (χ4v) is 2.28. The molecule has 0 atom stereocenters. The van der Waals surface area contributed by atoms with Crippen molar-refractivity contribution in [3.63, 3.8) is 0 Å². The van der Waals surface area contributed by atoms with Gasteiger partial charge < -0.3 is 4.74 Å². The number of ketones is 1. The van der Waals surface area contributed by atoms with Crippen LogP contribution in [-0.4, -0.2) is 23.5 Å². The lowest BCUT2D eigenvalue weighted by Gasteiger charge is -2.40. The minimum absolute atomic E-state index is 0.0295. The predicted molar refractivity (Wildman–Crippen MR) is 61.8 cm³/mol. The summed E-state index contributed by atoms with van der Waals surface area (Å²) in [6.45, 7) is 0. The second kappa shape index (κ2) is 4.92. The number of rotatable bonds is 4. The van der Waals surface area contributed by atoms with Crippen molar-refractivity contribution in [2.24, 2.45) is 0 Å². The number of methoxy groups -OCH3 is 1. The van der Waals surface area contributed by atoms with Crippen LogP contribution in [0, 0.1) is 0 Å². The third-order valence-corrected chi connectivity index (χ3v) is 3.61. The Bertz CT molecular complexity index is 476. The Morgan fingerprint density at radius 3 is 2.63 bits per heavy atom. The van der Waals surface area contributed by atoms with Crippen LogP contribution in [-0.2, 0) is 10.9 Å². The van der Waals surface area contributed by atoms with Crippen molar-refractivity contribution in [2.75, 3.05) is 7.11 Å². The van der Waals surface area contributed by atoms with E-state index in [1.807, 2.05) is 0 Å². The molecule has 1 heterocycles. The summed E-state index contributed by atoms with van der Waals surface area (Å²) in [5.74, 6) is -0.568. The number of halogens is 3. The number of Topliss-reactive ketones (excluding diaryl/α,β-unsaturated/α-hetero) is 1. The highest BCUT2D eigenvalue weighted by molar-refractivity contribution is 5.98. The summed E-state index contributed by atoms with van der Waals surface area (Å²) in [5, 5.41) is 0. The molecule has 1 aliphatic rings. The maximum Gasteiger partial charge on any atom is 0.417 e. The van der Waals surface area contributed by atoms with Gasteiger partial charge in [-0.2, -0.15) is 13.2 Å². The van der Waals surface area contributed by atoms with E-state index in [4.69, 9.17) is 4.74 Å². The summed E-state index contributed by atoms with van der Waals surface area (Å²) in [7, 11) is 1.49. The van der Waals surface area contributed by atoms with E-state index in [1.165, 1.54) is 7.11 Å². The summed E-state index contributed by atoms with van der Waals surface area (Å²) < 4.78 is 43.7. The van der Waals surface area contributed by atoms with Gasteiger partial charge in [0.05, 0.1) is 11.2 Å². The first kappa shape index (κ1) is 14.0. The second-order valence-corrected chi connectivity index (χ2v) is 4.76. The Morgan fingerprint density at radius 2 is 2.16 bits per heavy atom. The van der Waals surface area contributed by atoms with Crippen LogP contribution in [0.15, 0.2) is 18.5 Å². The van der Waals surface area contributed by atoms with Crippen LogP contribution in [0.25, 0.3) is 0 Å². The van der Waals surface area contributed by atoms with E-state index in [2.05, 4.69) is 4.98 Å². The lowest BCUT2D eigenvalue weighted by molar-refractivity contribution is -0.138. The Kier molecular flexibility index (Phi) is 3.62. The fourth-order valence-electron chi connectivity index (χ4n) is 2.28. The molecule has 3 nitrogen and oxygen atoms in total. The number of ether oxygens (including phenoxy) is 1. The van der Waals surface area contributed by atoms with Crippen molar-refractivity contribution in [3.8, 4) is 0 Å². The Hall–Kier alpha value is -1.43. The van der Waals surface area contributed by atoms with Gasteiger partial charge in [0, 0.05) is 31.5 Å². The molecule has 1 saturated carbocycles. The van der Waals surface area contributed by atoms with Crippen molar-refractivity contribution < 1.29 is 22.7 Å². The van der Waals surface area contributed by atoms with Gasteiger partial charge in [-0.1, -0.05) is 0 Å². The van der Waals surface area contributed by atoms with Gasteiger partial charge in [-0.25, -0.2) is 0 Å². The molecule has 0 radical (unpaired) electrons. The molecule has 0 N–H and O–H groups in total. The molecule has 0 amide bonds. The van der Waals surface area contributed by atoms with Gasteiger partial charge in [0.1, 0.15) is 0 Å². The quantitative estimate of drug-likeness (QED) is 0.790. The van der Waals surface area contributed by atoms with Crippen molar-refractivity contribution in [1.29, 1.82) is 0 Å². The molecule has 0 unspecified atom stereocenters. The van der Waals surface area contributed by atoms with E-state index in [0.29, 0.717) is 12.8 Å². The fraction of sp³-hybridized carbons (Fsp3) is 0.538. The lowest BCUT2D eigenvalue weighted by atomic mass is 9.75. The predicted octanol–water partition coefficient (Wildman–Crippen LogP) is 3.24. The number of hydrogen-bond donors (Lipinski definition) is 0. The first-order valence-corrected chi connectivity index (χ1v) is 5.97. The zero-order chi connectivity index (χ0) is 14.1. The topological polar surface area (TPSA) is 39.2 Å². The zero-order valence-electron chi connectivity index (χ0n) is 10.5. The zero-order valence-corrected chi connectivity index (χ0v) is 10.5. The van der Waals surface area contributed by atoms with Gasteiger partial charge in [0.15, 0.2) is 5.78 Å². The van der Waals surface area contributed by atoms with Crippen molar-refractivity contribution in [2.45, 2.75) is 37.5 Å². The van der Waals surface area contributed by atoms with Gasteiger partial charge in [-0.15, -0.1) is 0 Å². The van der Waals surface area contributed by atoms with Crippen LogP contribution in [0.2, 0.25) is 0 Å². The van der Waals surface area contributed by atoms with E-state index in [0.717, 1.165) is 24.9 Å². The van der Waals surface area contributed by atoms with E-state index in [-0.39, 0.29) is 12.0 Å². The number of pyridine rings is 1. The minimum atomic E-state index is -4.55. The van der Waals surface area contributed by atoms with Crippen LogP contribution >= 0.6 is 0 Å². The summed E-state index contributed by atoms with van der Waals surface area (Å²) in [4.78, 5) is 15.7. The van der Waals surface area contributed by atoms with Crippen LogP contribution in [0.4, 0.5) is 13.2 Å². The largest absolute Gasteiger partial charge is 0.417 e. The van der Waals surface area contributed by atoms with Crippen molar-refractivity contribution in [3.05, 3.63) is 29.6 Å². The molecule has 2 rings (SSSR count). The average Bonchev–Trinajstić information content (AvgIpc) is 2.32. The maximum atomic E-state index is 12.8. The molecular weight excluding hydrogens is 259 g/mol. The smallest absolute Gasteiger partial charge is 0.378 e. The summed E-state index contributed by atoms with van der Waals surface area (Å²) in [6.07, 6.45) is -0.220. The Balaban J connectivity index is 2.25. The number of alkyl halides is 3. The SMILES string of the molecule is COC1(CC(=O)c2cnccc2C(F)(F)F)CCC1. The Morgan fingerprint density at radius 1 is 1.47 bits per heavy atom. The standard InChI is InChI=1S/C13H14F3NO2/c1-19-12(4-2-5-12)7-11(18)9-8-17-6-3-10(9)13(14,15)16/h3,6,8H,2,4-5,7H2,1H3. The van der Waals surface area contributed by atoms with Gasteiger partial charge in [-0.05, 0) is 25.3 Å². The second-order valence-electron chi connectivity index (χ2n) is 4.76. The summed E-state index contributed by atoms with van der Waals surface area (Å²) in [5.41, 5.74) is -1.90.